The van der Waals surface area contributed by atoms with Gasteiger partial charge in [-0.2, -0.15) is 0 Å². The Morgan fingerprint density at radius 2 is 2.20 bits per heavy atom. The zero-order valence-corrected chi connectivity index (χ0v) is 6.89. The zero-order chi connectivity index (χ0) is 7.66. The van der Waals surface area contributed by atoms with E-state index in [1.54, 1.807) is 0 Å². The van der Waals surface area contributed by atoms with Gasteiger partial charge in [-0.1, -0.05) is 12.2 Å². The van der Waals surface area contributed by atoms with Crippen LogP contribution in [0.3, 0.4) is 0 Å². The van der Waals surface area contributed by atoms with Crippen LogP contribution in [-0.4, -0.2) is 26.8 Å². The Labute approximate surface area is 63.3 Å². The molecule has 0 heterocycles. The molecule has 2 heteroatoms. The van der Waals surface area contributed by atoms with Crippen molar-refractivity contribution in [3.05, 3.63) is 12.2 Å². The fourth-order valence-corrected chi connectivity index (χ4v) is 0.599. The highest BCUT2D eigenvalue weighted by atomic mass is 16.5. The van der Waals surface area contributed by atoms with Gasteiger partial charge in [0.2, 0.25) is 0 Å². The minimum atomic E-state index is 0.750. The van der Waals surface area contributed by atoms with Crippen molar-refractivity contribution in [1.29, 1.82) is 0 Å². The molecule has 0 unspecified atom stereocenters. The first-order chi connectivity index (χ1) is 4.91. The van der Waals surface area contributed by atoms with Gasteiger partial charge in [0.15, 0.2) is 0 Å². The third-order valence-corrected chi connectivity index (χ3v) is 1.15. The first kappa shape index (κ1) is 9.66. The Bertz CT molecular complexity index is 71.3. The molecule has 0 amide bonds. The highest BCUT2D eigenvalue weighted by Crippen LogP contribution is 1.81. The Morgan fingerprint density at radius 3 is 2.80 bits per heavy atom. The molecule has 0 saturated heterocycles. The maximum Gasteiger partial charge on any atom is 0.0647 e. The van der Waals surface area contributed by atoms with Gasteiger partial charge in [0.25, 0.3) is 0 Å². The quantitative estimate of drug-likeness (QED) is 0.445. The number of ether oxygens (including phenoxy) is 1. The third kappa shape index (κ3) is 7.66. The van der Waals surface area contributed by atoms with E-state index in [2.05, 4.69) is 17.5 Å². The van der Waals surface area contributed by atoms with E-state index < -0.39 is 0 Å². The fraction of sp³-hybridized carbons (Fsp3) is 0.750. The summed E-state index contributed by atoms with van der Waals surface area (Å²) in [6.07, 6.45) is 5.27. The molecular formula is C8H17NO. The van der Waals surface area contributed by atoms with Crippen molar-refractivity contribution in [3.8, 4) is 0 Å². The van der Waals surface area contributed by atoms with Crippen LogP contribution in [0.2, 0.25) is 0 Å². The maximum atomic E-state index is 5.11. The van der Waals surface area contributed by atoms with Gasteiger partial charge in [0, 0.05) is 6.61 Å². The van der Waals surface area contributed by atoms with Gasteiger partial charge in [-0.05, 0) is 26.9 Å². The molecule has 0 bridgehead atoms. The summed E-state index contributed by atoms with van der Waals surface area (Å²) in [4.78, 5) is 0. The summed E-state index contributed by atoms with van der Waals surface area (Å²) in [7, 11) is 1.95. The van der Waals surface area contributed by atoms with E-state index in [-0.39, 0.29) is 0 Å². The lowest BCUT2D eigenvalue weighted by atomic mass is 10.4. The standard InChI is InChI=1S/C8H17NO/c1-3-10-8-6-4-5-7-9-2/h4,6,9H,3,5,7-8H2,1-2H3. The molecule has 0 aromatic rings. The lowest BCUT2D eigenvalue weighted by molar-refractivity contribution is 0.177. The summed E-state index contributed by atoms with van der Waals surface area (Å²) in [6.45, 7) is 4.60. The Kier molecular flexibility index (Phi) is 8.37. The van der Waals surface area contributed by atoms with Crippen molar-refractivity contribution in [1.82, 2.24) is 5.32 Å². The summed E-state index contributed by atoms with van der Waals surface area (Å²) in [5.41, 5.74) is 0. The van der Waals surface area contributed by atoms with Crippen molar-refractivity contribution in [2.24, 2.45) is 0 Å². The lowest BCUT2D eigenvalue weighted by Gasteiger charge is -1.93. The van der Waals surface area contributed by atoms with E-state index >= 15 is 0 Å². The highest BCUT2D eigenvalue weighted by molar-refractivity contribution is 4.81. The predicted octanol–water partition coefficient (Wildman–Crippen LogP) is 1.19. The molecule has 60 valence electrons. The van der Waals surface area contributed by atoms with Crippen LogP contribution in [0, 0.1) is 0 Å². The molecule has 0 saturated carbocycles. The Balaban J connectivity index is 2.89. The number of hydrogen-bond acceptors (Lipinski definition) is 2. The van der Waals surface area contributed by atoms with Gasteiger partial charge in [-0.15, -0.1) is 0 Å². The number of rotatable bonds is 6. The molecule has 0 spiro atoms. The van der Waals surface area contributed by atoms with Gasteiger partial charge >= 0.3 is 0 Å². The smallest absolute Gasteiger partial charge is 0.0647 e. The van der Waals surface area contributed by atoms with Crippen LogP contribution in [0.4, 0.5) is 0 Å². The first-order valence-corrected chi connectivity index (χ1v) is 3.79. The minimum absolute atomic E-state index is 0.750. The van der Waals surface area contributed by atoms with Crippen LogP contribution in [-0.2, 0) is 4.74 Å². The van der Waals surface area contributed by atoms with Crippen LogP contribution in [0.5, 0.6) is 0 Å². The van der Waals surface area contributed by atoms with E-state index in [9.17, 15) is 0 Å². The SMILES string of the molecule is CCOCC=CCCNC. The molecule has 0 atom stereocenters. The molecule has 0 aromatic heterocycles. The lowest BCUT2D eigenvalue weighted by Crippen LogP contribution is -2.05. The normalized spacial score (nSPS) is 11.0. The monoisotopic (exact) mass is 143 g/mol. The molecule has 0 aliphatic rings. The molecule has 2 nitrogen and oxygen atoms in total. The summed E-state index contributed by atoms with van der Waals surface area (Å²) < 4.78 is 5.11. The first-order valence-electron chi connectivity index (χ1n) is 3.79. The van der Waals surface area contributed by atoms with Gasteiger partial charge in [-0.3, -0.25) is 0 Å². The Morgan fingerprint density at radius 1 is 1.40 bits per heavy atom. The second-order valence-corrected chi connectivity index (χ2v) is 2.02. The summed E-state index contributed by atoms with van der Waals surface area (Å²) in [5, 5.41) is 3.07. The van der Waals surface area contributed by atoms with Gasteiger partial charge < -0.3 is 10.1 Å². The third-order valence-electron chi connectivity index (χ3n) is 1.15. The van der Waals surface area contributed by atoms with Gasteiger partial charge in [0.1, 0.15) is 0 Å². The van der Waals surface area contributed by atoms with Crippen molar-refractivity contribution in [2.75, 3.05) is 26.8 Å². The van der Waals surface area contributed by atoms with E-state index in [1.165, 1.54) is 0 Å². The minimum Gasteiger partial charge on any atom is -0.378 e. The molecular weight excluding hydrogens is 126 g/mol. The van der Waals surface area contributed by atoms with Crippen molar-refractivity contribution >= 4 is 0 Å². The number of hydrogen-bond donors (Lipinski definition) is 1. The summed E-state index contributed by atoms with van der Waals surface area (Å²) in [6, 6.07) is 0. The van der Waals surface area contributed by atoms with E-state index in [1.807, 2.05) is 14.0 Å². The van der Waals surface area contributed by atoms with E-state index in [4.69, 9.17) is 4.74 Å². The zero-order valence-electron chi connectivity index (χ0n) is 6.89. The Hall–Kier alpha value is -0.340. The summed E-state index contributed by atoms with van der Waals surface area (Å²) >= 11 is 0. The van der Waals surface area contributed by atoms with Crippen LogP contribution < -0.4 is 5.32 Å². The topological polar surface area (TPSA) is 21.3 Å². The highest BCUT2D eigenvalue weighted by Gasteiger charge is 1.76. The number of nitrogens with one attached hydrogen (secondary N) is 1. The van der Waals surface area contributed by atoms with Crippen LogP contribution in [0.25, 0.3) is 0 Å². The second-order valence-electron chi connectivity index (χ2n) is 2.02. The molecule has 0 rings (SSSR count). The van der Waals surface area contributed by atoms with Crippen LogP contribution in [0.1, 0.15) is 13.3 Å². The average Bonchev–Trinajstić information content (AvgIpc) is 1.97. The molecule has 0 aliphatic heterocycles. The van der Waals surface area contributed by atoms with Crippen molar-refractivity contribution in [2.45, 2.75) is 13.3 Å². The predicted molar refractivity (Wildman–Crippen MR) is 44.2 cm³/mol. The van der Waals surface area contributed by atoms with Crippen molar-refractivity contribution < 1.29 is 4.74 Å². The summed E-state index contributed by atoms with van der Waals surface area (Å²) in [5.74, 6) is 0. The van der Waals surface area contributed by atoms with Crippen LogP contribution >= 0.6 is 0 Å². The molecule has 0 fully saturated rings. The van der Waals surface area contributed by atoms with Gasteiger partial charge in [-0.25, -0.2) is 0 Å². The fourth-order valence-electron chi connectivity index (χ4n) is 0.599. The van der Waals surface area contributed by atoms with E-state index in [0.29, 0.717) is 0 Å². The van der Waals surface area contributed by atoms with E-state index in [0.717, 1.165) is 26.2 Å². The average molecular weight is 143 g/mol. The second kappa shape index (κ2) is 8.66. The molecule has 0 radical (unpaired) electrons. The molecule has 0 aromatic carbocycles. The van der Waals surface area contributed by atoms with Crippen molar-refractivity contribution in [3.63, 3.8) is 0 Å². The largest absolute Gasteiger partial charge is 0.378 e. The van der Waals surface area contributed by atoms with Crippen LogP contribution in [0.15, 0.2) is 12.2 Å². The maximum absolute atomic E-state index is 5.11. The molecule has 0 aliphatic carbocycles. The van der Waals surface area contributed by atoms with Gasteiger partial charge in [0.05, 0.1) is 6.61 Å². The molecule has 10 heavy (non-hydrogen) atoms. The molecule has 1 N–H and O–H groups in total.